The van der Waals surface area contributed by atoms with E-state index < -0.39 is 10.0 Å². The molecule has 0 aliphatic heterocycles. The molecule has 7 heteroatoms. The van der Waals surface area contributed by atoms with Gasteiger partial charge in [-0.15, -0.1) is 0 Å². The van der Waals surface area contributed by atoms with Crippen molar-refractivity contribution in [2.45, 2.75) is 17.7 Å². The van der Waals surface area contributed by atoms with Crippen molar-refractivity contribution < 1.29 is 13.2 Å². The molecule has 1 unspecified atom stereocenters. The van der Waals surface area contributed by atoms with Crippen molar-refractivity contribution in [1.29, 1.82) is 0 Å². The highest BCUT2D eigenvalue weighted by molar-refractivity contribution is 7.89. The number of aromatic nitrogens is 1. The van der Waals surface area contributed by atoms with Crippen LogP contribution in [0.25, 0.3) is 10.9 Å². The third-order valence-corrected chi connectivity index (χ3v) is 6.77. The Morgan fingerprint density at radius 3 is 2.43 bits per heavy atom. The van der Waals surface area contributed by atoms with Crippen LogP contribution in [0.4, 0.5) is 0 Å². The van der Waals surface area contributed by atoms with Crippen LogP contribution in [0.15, 0.2) is 59.5 Å². The number of fused-ring (bicyclic) bond motifs is 1. The lowest BCUT2D eigenvalue weighted by Gasteiger charge is -2.13. The van der Waals surface area contributed by atoms with Crippen molar-refractivity contribution in [2.75, 3.05) is 20.6 Å². The van der Waals surface area contributed by atoms with Crippen LogP contribution < -0.4 is 5.32 Å². The van der Waals surface area contributed by atoms with Gasteiger partial charge in [0.2, 0.25) is 10.0 Å². The molecule has 0 spiro atoms. The lowest BCUT2D eigenvalue weighted by molar-refractivity contribution is 0.0944. The van der Waals surface area contributed by atoms with Gasteiger partial charge in [-0.2, -0.15) is 0 Å². The summed E-state index contributed by atoms with van der Waals surface area (Å²) >= 11 is 0. The number of carbonyl (C=O) groups excluding carboxylic acids is 1. The fraction of sp³-hybridized carbons (Fsp3) is 0.286. The molecule has 28 heavy (non-hydrogen) atoms. The minimum atomic E-state index is -3.52. The summed E-state index contributed by atoms with van der Waals surface area (Å²) in [6, 6.07) is 16.6. The van der Waals surface area contributed by atoms with E-state index >= 15 is 0 Å². The summed E-state index contributed by atoms with van der Waals surface area (Å²) in [5.41, 5.74) is 2.46. The Morgan fingerprint density at radius 2 is 1.79 bits per heavy atom. The number of carbonyl (C=O) groups is 1. The van der Waals surface area contributed by atoms with E-state index in [2.05, 4.69) is 12.2 Å². The van der Waals surface area contributed by atoms with Crippen LogP contribution in [0.5, 0.6) is 0 Å². The molecule has 0 aliphatic rings. The van der Waals surface area contributed by atoms with Crippen molar-refractivity contribution in [2.24, 2.45) is 7.05 Å². The van der Waals surface area contributed by atoms with Crippen molar-refractivity contribution >= 4 is 26.8 Å². The van der Waals surface area contributed by atoms with Gasteiger partial charge in [0.05, 0.1) is 4.90 Å². The lowest BCUT2D eigenvalue weighted by Crippen LogP contribution is -2.28. The molecule has 1 heterocycles. The van der Waals surface area contributed by atoms with Gasteiger partial charge in [0.25, 0.3) is 5.91 Å². The van der Waals surface area contributed by atoms with Crippen LogP contribution >= 0.6 is 0 Å². The van der Waals surface area contributed by atoms with Gasteiger partial charge in [0.15, 0.2) is 0 Å². The summed E-state index contributed by atoms with van der Waals surface area (Å²) in [6.07, 6.45) is 0. The third kappa shape index (κ3) is 3.81. The zero-order valence-corrected chi connectivity index (χ0v) is 17.3. The van der Waals surface area contributed by atoms with Crippen LogP contribution in [0.3, 0.4) is 0 Å². The molecule has 6 nitrogen and oxygen atoms in total. The van der Waals surface area contributed by atoms with E-state index in [0.717, 1.165) is 5.52 Å². The number of benzene rings is 2. The SMILES string of the molecule is CC(CNC(=O)c1cc2cc(S(=O)(=O)N(C)C)ccc2n1C)c1ccccc1. The van der Waals surface area contributed by atoms with E-state index in [4.69, 9.17) is 0 Å². The Hall–Kier alpha value is -2.64. The molecule has 148 valence electrons. The highest BCUT2D eigenvalue weighted by atomic mass is 32.2. The molecule has 3 rings (SSSR count). The maximum absolute atomic E-state index is 12.7. The normalized spacial score (nSPS) is 13.0. The lowest BCUT2D eigenvalue weighted by atomic mass is 10.0. The second-order valence-corrected chi connectivity index (χ2v) is 9.27. The van der Waals surface area contributed by atoms with E-state index in [1.54, 1.807) is 35.9 Å². The molecule has 0 aliphatic carbocycles. The van der Waals surface area contributed by atoms with Gasteiger partial charge in [-0.1, -0.05) is 37.3 Å². The molecule has 0 saturated heterocycles. The number of sulfonamides is 1. The first kappa shape index (κ1) is 20.1. The van der Waals surface area contributed by atoms with Crippen LogP contribution in [0, 0.1) is 0 Å². The van der Waals surface area contributed by atoms with Gasteiger partial charge < -0.3 is 9.88 Å². The van der Waals surface area contributed by atoms with E-state index in [-0.39, 0.29) is 16.7 Å². The van der Waals surface area contributed by atoms with Gasteiger partial charge in [-0.25, -0.2) is 12.7 Å². The van der Waals surface area contributed by atoms with Crippen molar-refractivity contribution in [3.63, 3.8) is 0 Å². The molecule has 1 N–H and O–H groups in total. The third-order valence-electron chi connectivity index (χ3n) is 4.96. The van der Waals surface area contributed by atoms with Crippen molar-refractivity contribution in [1.82, 2.24) is 14.2 Å². The highest BCUT2D eigenvalue weighted by Crippen LogP contribution is 2.24. The van der Waals surface area contributed by atoms with Gasteiger partial charge >= 0.3 is 0 Å². The summed E-state index contributed by atoms with van der Waals surface area (Å²) in [6.45, 7) is 2.58. The minimum absolute atomic E-state index is 0.182. The molecule has 0 bridgehead atoms. The Labute approximate surface area is 165 Å². The van der Waals surface area contributed by atoms with E-state index in [0.29, 0.717) is 17.6 Å². The van der Waals surface area contributed by atoms with Gasteiger partial charge in [0, 0.05) is 38.6 Å². The maximum Gasteiger partial charge on any atom is 0.267 e. The number of rotatable bonds is 6. The van der Waals surface area contributed by atoms with Crippen LogP contribution in [-0.4, -0.2) is 43.8 Å². The minimum Gasteiger partial charge on any atom is -0.350 e. The summed E-state index contributed by atoms with van der Waals surface area (Å²) in [5.74, 6) is 0.00942. The topological polar surface area (TPSA) is 71.4 Å². The number of hydrogen-bond donors (Lipinski definition) is 1. The first-order valence-corrected chi connectivity index (χ1v) is 10.5. The molecule has 3 aromatic rings. The average molecular weight is 400 g/mol. The first-order valence-electron chi connectivity index (χ1n) is 9.07. The molecule has 2 aromatic carbocycles. The van der Waals surface area contributed by atoms with E-state index in [1.165, 1.54) is 24.0 Å². The molecular weight excluding hydrogens is 374 g/mol. The fourth-order valence-corrected chi connectivity index (χ4v) is 4.09. The van der Waals surface area contributed by atoms with E-state index in [9.17, 15) is 13.2 Å². The Balaban J connectivity index is 1.83. The molecule has 0 radical (unpaired) electrons. The van der Waals surface area contributed by atoms with Crippen LogP contribution in [0.2, 0.25) is 0 Å². The number of amides is 1. The average Bonchev–Trinajstić information content (AvgIpc) is 3.02. The summed E-state index contributed by atoms with van der Waals surface area (Å²) in [7, 11) is 1.28. The van der Waals surface area contributed by atoms with Crippen molar-refractivity contribution in [3.8, 4) is 0 Å². The highest BCUT2D eigenvalue weighted by Gasteiger charge is 2.20. The maximum atomic E-state index is 12.7. The second-order valence-electron chi connectivity index (χ2n) is 7.12. The van der Waals surface area contributed by atoms with Gasteiger partial charge in [-0.3, -0.25) is 4.79 Å². The standard InChI is InChI=1S/C21H25N3O3S/c1-15(16-8-6-5-7-9-16)14-22-21(25)20-13-17-12-18(28(26,27)23(2)3)10-11-19(17)24(20)4/h5-13,15H,14H2,1-4H3,(H,22,25). The zero-order valence-electron chi connectivity index (χ0n) is 16.5. The zero-order chi connectivity index (χ0) is 20.5. The summed E-state index contributed by atoms with van der Waals surface area (Å²) < 4.78 is 27.7. The number of aryl methyl sites for hydroxylation is 1. The molecule has 1 aromatic heterocycles. The van der Waals surface area contributed by atoms with Gasteiger partial charge in [-0.05, 0) is 35.7 Å². The summed E-state index contributed by atoms with van der Waals surface area (Å²) in [4.78, 5) is 12.9. The summed E-state index contributed by atoms with van der Waals surface area (Å²) in [5, 5.41) is 3.69. The van der Waals surface area contributed by atoms with Crippen LogP contribution in [-0.2, 0) is 17.1 Å². The van der Waals surface area contributed by atoms with Crippen LogP contribution in [0.1, 0.15) is 28.9 Å². The Morgan fingerprint density at radius 1 is 1.11 bits per heavy atom. The molecular formula is C21H25N3O3S. The smallest absolute Gasteiger partial charge is 0.267 e. The predicted octanol–water partition coefficient (Wildman–Crippen LogP) is 2.96. The number of nitrogens with one attached hydrogen (secondary N) is 1. The van der Waals surface area contributed by atoms with Gasteiger partial charge in [0.1, 0.15) is 5.69 Å². The number of hydrogen-bond acceptors (Lipinski definition) is 3. The first-order chi connectivity index (χ1) is 13.2. The molecule has 1 amide bonds. The molecule has 0 saturated carbocycles. The van der Waals surface area contributed by atoms with Crippen molar-refractivity contribution in [3.05, 3.63) is 65.9 Å². The van der Waals surface area contributed by atoms with E-state index in [1.807, 2.05) is 30.3 Å². The molecule has 1 atom stereocenters. The Bertz CT molecular complexity index is 1100. The Kier molecular flexibility index (Phi) is 5.58. The quantitative estimate of drug-likeness (QED) is 0.693. The largest absolute Gasteiger partial charge is 0.350 e. The predicted molar refractivity (Wildman–Crippen MR) is 111 cm³/mol. The number of nitrogens with zero attached hydrogens (tertiary/aromatic N) is 2. The monoisotopic (exact) mass is 399 g/mol. The fourth-order valence-electron chi connectivity index (χ4n) is 3.15. The molecule has 0 fully saturated rings. The second kappa shape index (κ2) is 7.77.